The lowest BCUT2D eigenvalue weighted by molar-refractivity contribution is -0.118. The second-order valence-corrected chi connectivity index (χ2v) is 5.20. The number of amides is 2. The Bertz CT molecular complexity index is 763. The van der Waals surface area contributed by atoms with Crippen LogP contribution in [-0.2, 0) is 4.79 Å². The number of carbonyl (C=O) groups excluding carboxylic acids is 2. The van der Waals surface area contributed by atoms with Crippen LogP contribution in [0, 0.1) is 6.92 Å². The van der Waals surface area contributed by atoms with Crippen molar-refractivity contribution < 1.29 is 9.59 Å². The van der Waals surface area contributed by atoms with Crippen molar-refractivity contribution >= 4 is 29.1 Å². The van der Waals surface area contributed by atoms with Crippen LogP contribution in [0.1, 0.15) is 29.4 Å². The first-order valence-corrected chi connectivity index (χ1v) is 7.32. The Morgan fingerprint density at radius 1 is 1.25 bits per heavy atom. The van der Waals surface area contributed by atoms with Crippen LogP contribution in [0.15, 0.2) is 24.7 Å². The Balaban J connectivity index is 2.34. The third-order valence-electron chi connectivity index (χ3n) is 3.22. The smallest absolute Gasteiger partial charge is 0.271 e. The number of nitrogens with two attached hydrogens (primary N) is 2. The zero-order valence-electron chi connectivity index (χ0n) is 13.4. The van der Waals surface area contributed by atoms with E-state index >= 15 is 0 Å². The first kappa shape index (κ1) is 17.1. The van der Waals surface area contributed by atoms with Gasteiger partial charge in [-0.2, -0.15) is 0 Å². The molecule has 0 aliphatic heterocycles. The minimum atomic E-state index is -0.723. The molecule has 0 saturated carbocycles. The van der Waals surface area contributed by atoms with Crippen LogP contribution in [0.5, 0.6) is 0 Å². The minimum absolute atomic E-state index is 0.0193. The van der Waals surface area contributed by atoms with Gasteiger partial charge in [-0.1, -0.05) is 6.92 Å². The van der Waals surface area contributed by atoms with Gasteiger partial charge in [0.05, 0.1) is 18.1 Å². The normalized spacial score (nSPS) is 11.6. The highest BCUT2D eigenvalue weighted by Gasteiger charge is 2.17. The Labute approximate surface area is 138 Å². The fourth-order valence-corrected chi connectivity index (χ4v) is 2.04. The largest absolute Gasteiger partial charge is 0.368 e. The van der Waals surface area contributed by atoms with Crippen LogP contribution >= 0.6 is 0 Å². The van der Waals surface area contributed by atoms with Crippen molar-refractivity contribution in [1.29, 1.82) is 0 Å². The van der Waals surface area contributed by atoms with Crippen molar-refractivity contribution in [3.8, 4) is 0 Å². The number of carbonyl (C=O) groups is 2. The molecule has 0 spiro atoms. The van der Waals surface area contributed by atoms with Gasteiger partial charge in [-0.25, -0.2) is 9.97 Å². The predicted molar refractivity (Wildman–Crippen MR) is 89.7 cm³/mol. The number of aromatic nitrogens is 3. The first-order chi connectivity index (χ1) is 11.4. The molecule has 0 aliphatic rings. The molecule has 1 atom stereocenters. The van der Waals surface area contributed by atoms with Gasteiger partial charge in [0.15, 0.2) is 11.5 Å². The first-order valence-electron chi connectivity index (χ1n) is 7.32. The Morgan fingerprint density at radius 2 is 2.00 bits per heavy atom. The number of rotatable bonds is 7. The van der Waals surface area contributed by atoms with Gasteiger partial charge in [0.25, 0.3) is 5.91 Å². The number of primary amides is 2. The summed E-state index contributed by atoms with van der Waals surface area (Å²) in [5.74, 6) is -0.761. The second-order valence-electron chi connectivity index (χ2n) is 5.20. The average molecular weight is 329 g/mol. The molecule has 0 fully saturated rings. The topological polar surface area (TPSA) is 149 Å². The van der Waals surface area contributed by atoms with E-state index in [1.54, 1.807) is 12.4 Å². The number of aryl methyl sites for hydroxylation is 1. The van der Waals surface area contributed by atoms with E-state index in [0.29, 0.717) is 17.9 Å². The number of nitrogens with one attached hydrogen (secondary N) is 2. The molecule has 2 aromatic heterocycles. The van der Waals surface area contributed by atoms with E-state index in [0.717, 1.165) is 5.56 Å². The summed E-state index contributed by atoms with van der Waals surface area (Å²) in [5, 5.41) is 5.84. The molecule has 2 rings (SSSR count). The lowest BCUT2D eigenvalue weighted by Gasteiger charge is -2.15. The van der Waals surface area contributed by atoms with Crippen LogP contribution in [0.25, 0.3) is 0 Å². The molecule has 0 saturated heterocycles. The summed E-state index contributed by atoms with van der Waals surface area (Å²) in [6.45, 7) is 3.70. The lowest BCUT2D eigenvalue weighted by atomic mass is 10.2. The predicted octanol–water partition coefficient (Wildman–Crippen LogP) is 0.698. The molecule has 0 aliphatic carbocycles. The van der Waals surface area contributed by atoms with E-state index in [-0.39, 0.29) is 11.5 Å². The standard InChI is InChI=1S/C15H19N7O2/c1-3-10(13(16)23)21-11-7-19-12(14(17)24)15(22-11)20-9-4-8(2)5-18-6-9/h4-7,10H,3H2,1-2H3,(H2,16,23)(H2,17,24)(H2,20,21,22)/t10-/m1/s1. The van der Waals surface area contributed by atoms with E-state index in [2.05, 4.69) is 25.6 Å². The zero-order valence-corrected chi connectivity index (χ0v) is 13.4. The monoisotopic (exact) mass is 329 g/mol. The molecule has 6 N–H and O–H groups in total. The Hall–Kier alpha value is -3.23. The second kappa shape index (κ2) is 7.36. The molecule has 9 heteroatoms. The molecule has 2 aromatic rings. The summed E-state index contributed by atoms with van der Waals surface area (Å²) < 4.78 is 0. The SMILES string of the molecule is CC[C@@H](Nc1cnc(C(N)=O)c(Nc2cncc(C)c2)n1)C(N)=O. The fourth-order valence-electron chi connectivity index (χ4n) is 2.04. The maximum absolute atomic E-state index is 11.5. The van der Waals surface area contributed by atoms with Crippen molar-refractivity contribution in [1.82, 2.24) is 15.0 Å². The highest BCUT2D eigenvalue weighted by Crippen LogP contribution is 2.19. The van der Waals surface area contributed by atoms with E-state index in [1.807, 2.05) is 19.9 Å². The van der Waals surface area contributed by atoms with Crippen molar-refractivity contribution in [3.05, 3.63) is 35.9 Å². The minimum Gasteiger partial charge on any atom is -0.368 e. The Kier molecular flexibility index (Phi) is 5.25. The van der Waals surface area contributed by atoms with Gasteiger partial charge in [0, 0.05) is 6.20 Å². The van der Waals surface area contributed by atoms with Crippen molar-refractivity contribution in [3.63, 3.8) is 0 Å². The van der Waals surface area contributed by atoms with E-state index in [9.17, 15) is 9.59 Å². The average Bonchev–Trinajstić information content (AvgIpc) is 2.52. The van der Waals surface area contributed by atoms with Gasteiger partial charge < -0.3 is 22.1 Å². The highest BCUT2D eigenvalue weighted by atomic mass is 16.1. The van der Waals surface area contributed by atoms with Gasteiger partial charge in [0.2, 0.25) is 5.91 Å². The molecule has 0 aromatic carbocycles. The molecule has 126 valence electrons. The molecule has 0 bridgehead atoms. The van der Waals surface area contributed by atoms with Crippen LogP contribution in [0.3, 0.4) is 0 Å². The van der Waals surface area contributed by atoms with Crippen LogP contribution in [0.4, 0.5) is 17.3 Å². The lowest BCUT2D eigenvalue weighted by Crippen LogP contribution is -2.35. The summed E-state index contributed by atoms with van der Waals surface area (Å²) in [7, 11) is 0. The Morgan fingerprint density at radius 3 is 2.58 bits per heavy atom. The fraction of sp³-hybridized carbons (Fsp3) is 0.267. The molecule has 24 heavy (non-hydrogen) atoms. The van der Waals surface area contributed by atoms with E-state index in [1.165, 1.54) is 6.20 Å². The molecule has 9 nitrogen and oxygen atoms in total. The maximum Gasteiger partial charge on any atom is 0.271 e. The summed E-state index contributed by atoms with van der Waals surface area (Å²) in [4.78, 5) is 35.2. The van der Waals surface area contributed by atoms with E-state index < -0.39 is 17.9 Å². The summed E-state index contributed by atoms with van der Waals surface area (Å²) in [5.41, 5.74) is 12.2. The van der Waals surface area contributed by atoms with Gasteiger partial charge in [0.1, 0.15) is 11.9 Å². The van der Waals surface area contributed by atoms with Crippen LogP contribution in [-0.4, -0.2) is 32.8 Å². The number of anilines is 3. The molecule has 2 amide bonds. The molecular weight excluding hydrogens is 310 g/mol. The van der Waals surface area contributed by atoms with Crippen molar-refractivity contribution in [2.24, 2.45) is 11.5 Å². The number of nitrogens with zero attached hydrogens (tertiary/aromatic N) is 3. The van der Waals surface area contributed by atoms with Crippen molar-refractivity contribution in [2.75, 3.05) is 10.6 Å². The molecule has 0 unspecified atom stereocenters. The third-order valence-corrected chi connectivity index (χ3v) is 3.22. The zero-order chi connectivity index (χ0) is 17.7. The number of pyridine rings is 1. The van der Waals surface area contributed by atoms with Gasteiger partial charge in [-0.05, 0) is 25.0 Å². The maximum atomic E-state index is 11.5. The summed E-state index contributed by atoms with van der Waals surface area (Å²) >= 11 is 0. The molecule has 0 radical (unpaired) electrons. The van der Waals surface area contributed by atoms with Gasteiger partial charge >= 0.3 is 0 Å². The van der Waals surface area contributed by atoms with Gasteiger partial charge in [-0.3, -0.25) is 14.6 Å². The highest BCUT2D eigenvalue weighted by molar-refractivity contribution is 5.96. The number of hydrogen-bond acceptors (Lipinski definition) is 7. The summed E-state index contributed by atoms with van der Waals surface area (Å²) in [6.07, 6.45) is 5.09. The third kappa shape index (κ3) is 4.15. The van der Waals surface area contributed by atoms with Gasteiger partial charge in [-0.15, -0.1) is 0 Å². The molecular formula is C15H19N7O2. The number of hydrogen-bond donors (Lipinski definition) is 4. The van der Waals surface area contributed by atoms with E-state index in [4.69, 9.17) is 11.5 Å². The van der Waals surface area contributed by atoms with Crippen LogP contribution < -0.4 is 22.1 Å². The van der Waals surface area contributed by atoms with Crippen molar-refractivity contribution in [2.45, 2.75) is 26.3 Å². The molecule has 2 heterocycles. The quantitative estimate of drug-likeness (QED) is 0.584. The van der Waals surface area contributed by atoms with Crippen LogP contribution in [0.2, 0.25) is 0 Å². The summed E-state index contributed by atoms with van der Waals surface area (Å²) in [6, 6.07) is 1.24.